The average molecular weight is 472 g/mol. The number of methoxy groups -OCH3 is 1. The molecule has 35 heavy (non-hydrogen) atoms. The fraction of sp³-hybridized carbons (Fsp3) is 0.407. The van der Waals surface area contributed by atoms with Gasteiger partial charge in [-0.3, -0.25) is 10.00 Å². The topological polar surface area (TPSA) is 72.6 Å². The Bertz CT molecular complexity index is 1300. The van der Waals surface area contributed by atoms with Crippen LogP contribution in [-0.2, 0) is 0 Å². The molecule has 0 spiro atoms. The van der Waals surface area contributed by atoms with Gasteiger partial charge in [0.2, 0.25) is 0 Å². The van der Waals surface area contributed by atoms with Crippen LogP contribution >= 0.6 is 0 Å². The van der Waals surface area contributed by atoms with E-state index in [1.807, 2.05) is 24.4 Å². The summed E-state index contributed by atoms with van der Waals surface area (Å²) in [4.78, 5) is 12.5. The van der Waals surface area contributed by atoms with Crippen molar-refractivity contribution in [3.05, 3.63) is 48.7 Å². The molecule has 182 valence electrons. The first kappa shape index (κ1) is 22.1. The first-order valence-corrected chi connectivity index (χ1v) is 12.5. The van der Waals surface area contributed by atoms with Gasteiger partial charge in [0.15, 0.2) is 5.82 Å². The number of anilines is 3. The predicted octanol–water partition coefficient (Wildman–Crippen LogP) is 4.08. The number of rotatable bonds is 5. The second-order valence-corrected chi connectivity index (χ2v) is 9.70. The molecule has 0 aliphatic carbocycles. The molecule has 2 saturated heterocycles. The third-order valence-corrected chi connectivity index (χ3v) is 7.62. The summed E-state index contributed by atoms with van der Waals surface area (Å²) >= 11 is 0. The number of aromatic amines is 1. The normalized spacial score (nSPS) is 18.4. The molecule has 8 heteroatoms. The van der Waals surface area contributed by atoms with E-state index in [1.165, 1.54) is 44.7 Å². The van der Waals surface area contributed by atoms with Crippen molar-refractivity contribution in [2.45, 2.75) is 18.9 Å². The minimum Gasteiger partial charge on any atom is -0.496 e. The van der Waals surface area contributed by atoms with Gasteiger partial charge in [0.25, 0.3) is 0 Å². The van der Waals surface area contributed by atoms with Crippen LogP contribution in [0.1, 0.15) is 12.8 Å². The molecule has 2 fully saturated rings. The minimum absolute atomic E-state index is 0.732. The highest BCUT2D eigenvalue weighted by molar-refractivity contribution is 6.11. The summed E-state index contributed by atoms with van der Waals surface area (Å²) in [5.74, 6) is 1.56. The fourth-order valence-electron chi connectivity index (χ4n) is 5.55. The molecule has 2 aromatic carbocycles. The molecule has 8 nitrogen and oxygen atoms in total. The summed E-state index contributed by atoms with van der Waals surface area (Å²) in [7, 11) is 3.91. The van der Waals surface area contributed by atoms with E-state index in [0.717, 1.165) is 58.2 Å². The summed E-state index contributed by atoms with van der Waals surface area (Å²) in [5.41, 5.74) is 4.04. The first-order valence-electron chi connectivity index (χ1n) is 12.5. The van der Waals surface area contributed by atoms with E-state index >= 15 is 0 Å². The van der Waals surface area contributed by atoms with Crippen LogP contribution in [0.2, 0.25) is 0 Å². The van der Waals surface area contributed by atoms with Crippen molar-refractivity contribution in [2.75, 3.05) is 63.6 Å². The molecule has 0 radical (unpaired) electrons. The van der Waals surface area contributed by atoms with Crippen LogP contribution in [0.25, 0.3) is 21.8 Å². The average Bonchev–Trinajstić information content (AvgIpc) is 3.40. The Morgan fingerprint density at radius 3 is 2.49 bits per heavy atom. The molecule has 2 aromatic heterocycles. The van der Waals surface area contributed by atoms with E-state index < -0.39 is 0 Å². The minimum atomic E-state index is 0.732. The van der Waals surface area contributed by atoms with Crippen molar-refractivity contribution < 1.29 is 4.74 Å². The Morgan fingerprint density at radius 2 is 1.74 bits per heavy atom. The van der Waals surface area contributed by atoms with Gasteiger partial charge in [0, 0.05) is 62.1 Å². The third kappa shape index (κ3) is 4.28. The standard InChI is InChI=1S/C27H33N7O/c1-32-14-16-34(17-15-32)21-10-12-33(13-11-21)20-8-6-19(7-9-20)29-27-26-22(18-28-31-26)25-23(30-27)4-3-5-24(25)35-2/h3-9,18,21H,10-17H2,1-2H3,(H,28,31)(H,29,30). The van der Waals surface area contributed by atoms with Gasteiger partial charge in [0.05, 0.1) is 24.2 Å². The van der Waals surface area contributed by atoms with Crippen LogP contribution < -0.4 is 15.0 Å². The van der Waals surface area contributed by atoms with Crippen LogP contribution in [0, 0.1) is 0 Å². The molecular formula is C27H33N7O. The fourth-order valence-corrected chi connectivity index (χ4v) is 5.55. The molecule has 0 amide bonds. The van der Waals surface area contributed by atoms with Crippen molar-refractivity contribution in [1.29, 1.82) is 0 Å². The predicted molar refractivity (Wildman–Crippen MR) is 142 cm³/mol. The monoisotopic (exact) mass is 471 g/mol. The SMILES string of the molecule is COc1cccc2nc(Nc3ccc(N4CCC(N5CCN(C)CC5)CC4)cc3)c3[nH]ncc3c12. The van der Waals surface area contributed by atoms with Gasteiger partial charge < -0.3 is 19.9 Å². The van der Waals surface area contributed by atoms with Gasteiger partial charge in [-0.15, -0.1) is 0 Å². The second kappa shape index (κ2) is 9.36. The van der Waals surface area contributed by atoms with Gasteiger partial charge >= 0.3 is 0 Å². The van der Waals surface area contributed by atoms with E-state index in [-0.39, 0.29) is 0 Å². The summed E-state index contributed by atoms with van der Waals surface area (Å²) in [6.07, 6.45) is 4.32. The number of aromatic nitrogens is 3. The van der Waals surface area contributed by atoms with E-state index in [9.17, 15) is 0 Å². The van der Waals surface area contributed by atoms with E-state index in [4.69, 9.17) is 9.72 Å². The van der Waals surface area contributed by atoms with Gasteiger partial charge in [-0.1, -0.05) is 6.07 Å². The smallest absolute Gasteiger partial charge is 0.157 e. The molecule has 6 rings (SSSR count). The highest BCUT2D eigenvalue weighted by atomic mass is 16.5. The van der Waals surface area contributed by atoms with E-state index in [2.05, 4.69) is 61.5 Å². The highest BCUT2D eigenvalue weighted by Gasteiger charge is 2.26. The molecule has 0 unspecified atom stereocenters. The molecule has 4 aromatic rings. The molecule has 4 heterocycles. The number of ether oxygens (including phenoxy) is 1. The lowest BCUT2D eigenvalue weighted by Crippen LogP contribution is -2.52. The number of nitrogens with zero attached hydrogens (tertiary/aromatic N) is 5. The Balaban J connectivity index is 1.16. The van der Waals surface area contributed by atoms with Crippen molar-refractivity contribution in [3.63, 3.8) is 0 Å². The number of fused-ring (bicyclic) bond motifs is 3. The van der Waals surface area contributed by atoms with Gasteiger partial charge in [0.1, 0.15) is 11.3 Å². The lowest BCUT2D eigenvalue weighted by atomic mass is 10.0. The molecule has 0 bridgehead atoms. The molecule has 2 N–H and O–H groups in total. The van der Waals surface area contributed by atoms with Crippen molar-refractivity contribution in [3.8, 4) is 5.75 Å². The Morgan fingerprint density at radius 1 is 0.971 bits per heavy atom. The Hall–Kier alpha value is -3.36. The number of benzene rings is 2. The number of piperazine rings is 1. The summed E-state index contributed by atoms with van der Waals surface area (Å²) in [6, 6.07) is 15.4. The lowest BCUT2D eigenvalue weighted by Gasteiger charge is -2.42. The number of pyridine rings is 1. The van der Waals surface area contributed by atoms with Crippen molar-refractivity contribution in [2.24, 2.45) is 0 Å². The van der Waals surface area contributed by atoms with Crippen molar-refractivity contribution >= 4 is 39.0 Å². The zero-order chi connectivity index (χ0) is 23.8. The van der Waals surface area contributed by atoms with Crippen LogP contribution in [0.4, 0.5) is 17.2 Å². The molecule has 0 saturated carbocycles. The quantitative estimate of drug-likeness (QED) is 0.454. The zero-order valence-corrected chi connectivity index (χ0v) is 20.5. The second-order valence-electron chi connectivity index (χ2n) is 9.70. The number of hydrogen-bond donors (Lipinski definition) is 2. The van der Waals surface area contributed by atoms with Crippen LogP contribution in [0.15, 0.2) is 48.7 Å². The number of nitrogens with one attached hydrogen (secondary N) is 2. The zero-order valence-electron chi connectivity index (χ0n) is 20.5. The maximum absolute atomic E-state index is 5.57. The molecule has 2 aliphatic rings. The lowest BCUT2D eigenvalue weighted by molar-refractivity contribution is 0.0982. The maximum atomic E-state index is 5.57. The third-order valence-electron chi connectivity index (χ3n) is 7.62. The van der Waals surface area contributed by atoms with Crippen LogP contribution in [0.5, 0.6) is 5.75 Å². The number of likely N-dealkylation sites (N-methyl/N-ethyl adjacent to an activating group) is 1. The van der Waals surface area contributed by atoms with Gasteiger partial charge in [-0.2, -0.15) is 5.10 Å². The van der Waals surface area contributed by atoms with Crippen LogP contribution in [0.3, 0.4) is 0 Å². The van der Waals surface area contributed by atoms with Gasteiger partial charge in [-0.25, -0.2) is 4.98 Å². The van der Waals surface area contributed by atoms with Gasteiger partial charge in [-0.05, 0) is 56.3 Å². The summed E-state index contributed by atoms with van der Waals surface area (Å²) in [5, 5.41) is 12.8. The largest absolute Gasteiger partial charge is 0.496 e. The summed E-state index contributed by atoms with van der Waals surface area (Å²) < 4.78 is 5.57. The van der Waals surface area contributed by atoms with E-state index in [1.54, 1.807) is 7.11 Å². The Labute approximate surface area is 205 Å². The number of H-pyrrole nitrogens is 1. The molecule has 0 atom stereocenters. The Kier molecular flexibility index (Phi) is 5.91. The first-order chi connectivity index (χ1) is 17.2. The highest BCUT2D eigenvalue weighted by Crippen LogP contribution is 2.35. The number of hydrogen-bond acceptors (Lipinski definition) is 7. The van der Waals surface area contributed by atoms with Crippen molar-refractivity contribution in [1.82, 2.24) is 25.0 Å². The number of piperidine rings is 1. The maximum Gasteiger partial charge on any atom is 0.157 e. The molecule has 2 aliphatic heterocycles. The van der Waals surface area contributed by atoms with E-state index in [0.29, 0.717) is 0 Å². The van der Waals surface area contributed by atoms with Crippen LogP contribution in [-0.4, -0.2) is 84.4 Å². The molecular weight excluding hydrogens is 438 g/mol. The summed E-state index contributed by atoms with van der Waals surface area (Å²) in [6.45, 7) is 7.04.